The molecule has 0 saturated heterocycles. The third-order valence-electron chi connectivity index (χ3n) is 2.96. The van der Waals surface area contributed by atoms with E-state index < -0.39 is 17.8 Å². The summed E-state index contributed by atoms with van der Waals surface area (Å²) in [4.78, 5) is 24.0. The molecule has 1 atom stereocenters. The third-order valence-corrected chi connectivity index (χ3v) is 3.45. The van der Waals surface area contributed by atoms with E-state index in [0.29, 0.717) is 10.2 Å². The number of halogens is 2. The summed E-state index contributed by atoms with van der Waals surface area (Å²) in [6.07, 6.45) is 0. The van der Waals surface area contributed by atoms with E-state index in [2.05, 4.69) is 26.6 Å². The molecule has 6 heteroatoms. The predicted octanol–water partition coefficient (Wildman–Crippen LogP) is 3.35. The number of para-hydroxylation sites is 1. The van der Waals surface area contributed by atoms with Crippen molar-refractivity contribution in [1.29, 1.82) is 0 Å². The molecule has 0 spiro atoms. The standard InChI is InChI=1S/C16H14BrFN2O2/c1-10(15(21)20-12-5-3-2-4-6-12)19-16(22)13-9-11(17)7-8-14(13)18/h2-10H,1H3,(H,19,22)(H,20,21). The first kappa shape index (κ1) is 16.2. The normalized spacial score (nSPS) is 11.6. The second-order valence-electron chi connectivity index (χ2n) is 4.67. The maximum absolute atomic E-state index is 13.6. The second-order valence-corrected chi connectivity index (χ2v) is 5.59. The number of rotatable bonds is 4. The van der Waals surface area contributed by atoms with Gasteiger partial charge in [0.2, 0.25) is 5.91 Å². The van der Waals surface area contributed by atoms with E-state index in [-0.39, 0.29) is 11.5 Å². The van der Waals surface area contributed by atoms with Crippen molar-refractivity contribution in [3.05, 3.63) is 64.4 Å². The number of carbonyl (C=O) groups excluding carboxylic acids is 2. The molecule has 1 unspecified atom stereocenters. The lowest BCUT2D eigenvalue weighted by Crippen LogP contribution is -2.41. The minimum atomic E-state index is -0.800. The van der Waals surface area contributed by atoms with Crippen molar-refractivity contribution in [2.24, 2.45) is 0 Å². The van der Waals surface area contributed by atoms with Crippen molar-refractivity contribution in [2.75, 3.05) is 5.32 Å². The van der Waals surface area contributed by atoms with Crippen molar-refractivity contribution in [3.63, 3.8) is 0 Å². The summed E-state index contributed by atoms with van der Waals surface area (Å²) in [7, 11) is 0. The number of benzene rings is 2. The predicted molar refractivity (Wildman–Crippen MR) is 86.1 cm³/mol. The highest BCUT2D eigenvalue weighted by Crippen LogP contribution is 2.15. The van der Waals surface area contributed by atoms with Gasteiger partial charge in [-0.3, -0.25) is 9.59 Å². The van der Waals surface area contributed by atoms with Gasteiger partial charge < -0.3 is 10.6 Å². The molecule has 2 aromatic carbocycles. The van der Waals surface area contributed by atoms with E-state index >= 15 is 0 Å². The Bertz CT molecular complexity index is 692. The van der Waals surface area contributed by atoms with Gasteiger partial charge in [-0.25, -0.2) is 4.39 Å². The molecular formula is C16H14BrFN2O2. The first-order valence-corrected chi connectivity index (χ1v) is 7.38. The van der Waals surface area contributed by atoms with Gasteiger partial charge in [-0.1, -0.05) is 34.1 Å². The van der Waals surface area contributed by atoms with Crippen molar-refractivity contribution in [3.8, 4) is 0 Å². The van der Waals surface area contributed by atoms with Gasteiger partial charge in [0.1, 0.15) is 11.9 Å². The van der Waals surface area contributed by atoms with Crippen molar-refractivity contribution in [2.45, 2.75) is 13.0 Å². The molecule has 0 fully saturated rings. The monoisotopic (exact) mass is 364 g/mol. The molecule has 2 N–H and O–H groups in total. The Hall–Kier alpha value is -2.21. The van der Waals surface area contributed by atoms with Crippen molar-refractivity contribution >= 4 is 33.4 Å². The summed E-state index contributed by atoms with van der Waals surface area (Å²) in [5.41, 5.74) is 0.510. The molecule has 4 nitrogen and oxygen atoms in total. The van der Waals surface area contributed by atoms with E-state index in [1.165, 1.54) is 25.1 Å². The van der Waals surface area contributed by atoms with Crippen LogP contribution in [0.25, 0.3) is 0 Å². The smallest absolute Gasteiger partial charge is 0.254 e. The highest BCUT2D eigenvalue weighted by atomic mass is 79.9. The van der Waals surface area contributed by atoms with E-state index in [9.17, 15) is 14.0 Å². The molecule has 0 aliphatic rings. The summed E-state index contributed by atoms with van der Waals surface area (Å²) in [5.74, 6) is -1.67. The average Bonchev–Trinajstić information content (AvgIpc) is 2.50. The topological polar surface area (TPSA) is 58.2 Å². The van der Waals surface area contributed by atoms with Gasteiger partial charge in [0.25, 0.3) is 5.91 Å². The zero-order valence-electron chi connectivity index (χ0n) is 11.8. The van der Waals surface area contributed by atoms with E-state index in [1.807, 2.05) is 6.07 Å². The Morgan fingerprint density at radius 3 is 2.50 bits per heavy atom. The third kappa shape index (κ3) is 4.14. The van der Waals surface area contributed by atoms with Crippen LogP contribution >= 0.6 is 15.9 Å². The molecule has 0 aliphatic heterocycles. The molecular weight excluding hydrogens is 351 g/mol. The van der Waals surface area contributed by atoms with Crippen LogP contribution in [0.2, 0.25) is 0 Å². The Morgan fingerprint density at radius 2 is 1.82 bits per heavy atom. The van der Waals surface area contributed by atoms with E-state index in [1.54, 1.807) is 24.3 Å². The van der Waals surface area contributed by atoms with Crippen LogP contribution in [0.1, 0.15) is 17.3 Å². The first-order chi connectivity index (χ1) is 10.5. The first-order valence-electron chi connectivity index (χ1n) is 6.59. The molecule has 2 aromatic rings. The van der Waals surface area contributed by atoms with Crippen LogP contribution in [-0.2, 0) is 4.79 Å². The van der Waals surface area contributed by atoms with Crippen LogP contribution < -0.4 is 10.6 Å². The van der Waals surface area contributed by atoms with Crippen LogP contribution in [0.3, 0.4) is 0 Å². The summed E-state index contributed by atoms with van der Waals surface area (Å²) in [6, 6.07) is 12.1. The summed E-state index contributed by atoms with van der Waals surface area (Å²) < 4.78 is 14.2. The lowest BCUT2D eigenvalue weighted by molar-refractivity contribution is -0.117. The van der Waals surface area contributed by atoms with Crippen molar-refractivity contribution < 1.29 is 14.0 Å². The Labute approximate surface area is 135 Å². The molecule has 0 heterocycles. The molecule has 2 rings (SSSR count). The molecule has 2 amide bonds. The lowest BCUT2D eigenvalue weighted by Gasteiger charge is -2.14. The molecule has 0 aliphatic carbocycles. The van der Waals surface area contributed by atoms with Crippen LogP contribution in [0.4, 0.5) is 10.1 Å². The maximum atomic E-state index is 13.6. The van der Waals surface area contributed by atoms with Gasteiger partial charge in [0, 0.05) is 10.2 Å². The van der Waals surface area contributed by atoms with Crippen LogP contribution in [0.5, 0.6) is 0 Å². The van der Waals surface area contributed by atoms with Crippen LogP contribution in [-0.4, -0.2) is 17.9 Å². The number of carbonyl (C=O) groups is 2. The quantitative estimate of drug-likeness (QED) is 0.873. The second kappa shape index (κ2) is 7.17. The van der Waals surface area contributed by atoms with Gasteiger partial charge in [-0.2, -0.15) is 0 Å². The molecule has 114 valence electrons. The Balaban J connectivity index is 2.01. The molecule has 22 heavy (non-hydrogen) atoms. The number of hydrogen-bond acceptors (Lipinski definition) is 2. The number of nitrogens with one attached hydrogen (secondary N) is 2. The SMILES string of the molecule is CC(NC(=O)c1cc(Br)ccc1F)C(=O)Nc1ccccc1. The number of hydrogen-bond donors (Lipinski definition) is 2. The van der Waals surface area contributed by atoms with E-state index in [4.69, 9.17) is 0 Å². The summed E-state index contributed by atoms with van der Waals surface area (Å²) >= 11 is 3.18. The lowest BCUT2D eigenvalue weighted by atomic mass is 10.2. The van der Waals surface area contributed by atoms with Crippen LogP contribution in [0.15, 0.2) is 53.0 Å². The van der Waals surface area contributed by atoms with E-state index in [0.717, 1.165) is 0 Å². The molecule has 0 aromatic heterocycles. The zero-order chi connectivity index (χ0) is 16.1. The van der Waals surface area contributed by atoms with Gasteiger partial charge in [-0.15, -0.1) is 0 Å². The number of anilines is 1. The van der Waals surface area contributed by atoms with Crippen molar-refractivity contribution in [1.82, 2.24) is 5.32 Å². The Morgan fingerprint density at radius 1 is 1.14 bits per heavy atom. The van der Waals surface area contributed by atoms with Gasteiger partial charge in [0.15, 0.2) is 0 Å². The zero-order valence-corrected chi connectivity index (χ0v) is 13.4. The maximum Gasteiger partial charge on any atom is 0.254 e. The van der Waals surface area contributed by atoms with Gasteiger partial charge in [0.05, 0.1) is 5.56 Å². The summed E-state index contributed by atoms with van der Waals surface area (Å²) in [5, 5.41) is 5.14. The molecule has 0 saturated carbocycles. The highest BCUT2D eigenvalue weighted by molar-refractivity contribution is 9.10. The fourth-order valence-corrected chi connectivity index (χ4v) is 2.14. The summed E-state index contributed by atoms with van der Waals surface area (Å²) in [6.45, 7) is 1.53. The highest BCUT2D eigenvalue weighted by Gasteiger charge is 2.19. The van der Waals surface area contributed by atoms with Gasteiger partial charge in [-0.05, 0) is 37.3 Å². The number of amides is 2. The minimum absolute atomic E-state index is 0.117. The van der Waals surface area contributed by atoms with Gasteiger partial charge >= 0.3 is 0 Å². The minimum Gasteiger partial charge on any atom is -0.340 e. The Kier molecular flexibility index (Phi) is 5.27. The largest absolute Gasteiger partial charge is 0.340 e. The average molecular weight is 365 g/mol. The fourth-order valence-electron chi connectivity index (χ4n) is 1.78. The fraction of sp³-hybridized carbons (Fsp3) is 0.125. The molecule has 0 bridgehead atoms. The molecule has 0 radical (unpaired) electrons. The van der Waals surface area contributed by atoms with Crippen LogP contribution in [0, 0.1) is 5.82 Å².